The van der Waals surface area contributed by atoms with Gasteiger partial charge in [0.25, 0.3) is 0 Å². The fourth-order valence-electron chi connectivity index (χ4n) is 7.43. The van der Waals surface area contributed by atoms with Crippen molar-refractivity contribution >= 4 is 48.9 Å². The van der Waals surface area contributed by atoms with E-state index in [9.17, 15) is 25.9 Å². The van der Waals surface area contributed by atoms with Crippen LogP contribution in [0.5, 0.6) is 0 Å². The second kappa shape index (κ2) is 14.7. The third kappa shape index (κ3) is 8.48. The molecule has 0 fully saturated rings. The van der Waals surface area contributed by atoms with Crippen LogP contribution in [0.1, 0.15) is 83.8 Å². The molecule has 49 heavy (non-hydrogen) atoms. The van der Waals surface area contributed by atoms with Gasteiger partial charge in [-0.3, -0.25) is 0 Å². The molecule has 2 heterocycles. The molecule has 2 aromatic carbocycles. The van der Waals surface area contributed by atoms with Gasteiger partial charge in [-0.1, -0.05) is 74.0 Å². The molecular formula is C38H46ClN2O6S2-. The van der Waals surface area contributed by atoms with Crippen LogP contribution >= 0.6 is 11.6 Å². The molecule has 2 aliphatic heterocycles. The standard InChI is InChI=1S/C38H47ClN2O6S2/c1-37(2)30-16-5-7-18-32(30)40(24-9-11-26-48(42,43)44)34(37)22-20-28-14-13-15-29(36(28)39)21-23-35-38(3,4)31-17-6-8-19-33(31)41(35)25-10-12-27-49(45,46)47/h5-8,16-23H,9-15,24-27H2,1-4H3,(H-,42,43,44,45,46,47)/p-1. The molecule has 0 aromatic heterocycles. The fraction of sp³-hybridized carbons (Fsp3) is 0.447. The molecule has 0 saturated carbocycles. The highest BCUT2D eigenvalue weighted by molar-refractivity contribution is 7.85. The van der Waals surface area contributed by atoms with Gasteiger partial charge >= 0.3 is 0 Å². The lowest BCUT2D eigenvalue weighted by molar-refractivity contribution is -0.438. The third-order valence-electron chi connectivity index (χ3n) is 9.99. The van der Waals surface area contributed by atoms with Gasteiger partial charge in [-0.05, 0) is 81.2 Å². The number of hydrogen-bond acceptors (Lipinski definition) is 7. The molecule has 3 aliphatic rings. The van der Waals surface area contributed by atoms with Crippen LogP contribution in [0.3, 0.4) is 0 Å². The molecule has 264 valence electrons. The first kappa shape index (κ1) is 37.2. The molecule has 0 saturated heterocycles. The minimum atomic E-state index is -4.25. The maximum Gasteiger partial charge on any atom is 0.209 e. The van der Waals surface area contributed by atoms with Gasteiger partial charge in [0, 0.05) is 64.0 Å². The van der Waals surface area contributed by atoms with E-state index in [1.165, 1.54) is 11.1 Å². The molecule has 2 aromatic rings. The van der Waals surface area contributed by atoms with Gasteiger partial charge in [0.05, 0.1) is 25.7 Å². The molecule has 0 unspecified atom stereocenters. The van der Waals surface area contributed by atoms with E-state index in [-0.39, 0.29) is 22.3 Å². The summed E-state index contributed by atoms with van der Waals surface area (Å²) in [6, 6.07) is 16.5. The second-order valence-electron chi connectivity index (χ2n) is 14.2. The van der Waals surface area contributed by atoms with Crippen molar-refractivity contribution in [1.29, 1.82) is 0 Å². The Bertz CT molecular complexity index is 1970. The van der Waals surface area contributed by atoms with E-state index in [4.69, 9.17) is 11.6 Å². The van der Waals surface area contributed by atoms with E-state index in [1.807, 2.05) is 24.3 Å². The third-order valence-corrected chi connectivity index (χ3v) is 12.1. The summed E-state index contributed by atoms with van der Waals surface area (Å²) in [5.74, 6) is -0.727. The van der Waals surface area contributed by atoms with Crippen LogP contribution in [0.4, 0.5) is 11.4 Å². The number of anilines is 1. The number of halogens is 1. The number of hydrogen-bond donors (Lipinski definition) is 0. The van der Waals surface area contributed by atoms with Crippen molar-refractivity contribution in [2.75, 3.05) is 29.5 Å². The van der Waals surface area contributed by atoms with Crippen LogP contribution in [0.15, 0.2) is 94.7 Å². The molecule has 0 radical (unpaired) electrons. The molecule has 0 amide bonds. The molecule has 1 aliphatic carbocycles. The van der Waals surface area contributed by atoms with E-state index in [0.29, 0.717) is 38.8 Å². The second-order valence-corrected chi connectivity index (χ2v) is 17.6. The van der Waals surface area contributed by atoms with Crippen LogP contribution in [0.25, 0.3) is 0 Å². The summed E-state index contributed by atoms with van der Waals surface area (Å²) in [6.45, 7) is 9.96. The smallest absolute Gasteiger partial charge is 0.209 e. The molecule has 0 bridgehead atoms. The summed E-state index contributed by atoms with van der Waals surface area (Å²) in [4.78, 5) is 2.24. The fourth-order valence-corrected chi connectivity index (χ4v) is 8.86. The maximum atomic E-state index is 11.2. The summed E-state index contributed by atoms with van der Waals surface area (Å²) in [5, 5.41) is 0.737. The summed E-state index contributed by atoms with van der Waals surface area (Å²) in [5.41, 5.74) is 8.31. The topological polar surface area (TPSA) is 121 Å². The summed E-state index contributed by atoms with van der Waals surface area (Å²) in [7, 11) is -8.50. The molecule has 11 heteroatoms. The van der Waals surface area contributed by atoms with E-state index in [2.05, 4.69) is 85.7 Å². The van der Waals surface area contributed by atoms with Crippen LogP contribution in [0.2, 0.25) is 0 Å². The number of rotatable bonds is 13. The Hall–Kier alpha value is -3.02. The first-order chi connectivity index (χ1) is 23.0. The Kier molecular flexibility index (Phi) is 11.2. The Balaban J connectivity index is 1.44. The number of fused-ring (bicyclic) bond motifs is 2. The lowest BCUT2D eigenvalue weighted by atomic mass is 9.81. The predicted octanol–water partition coefficient (Wildman–Crippen LogP) is 7.55. The van der Waals surface area contributed by atoms with Gasteiger partial charge in [-0.25, -0.2) is 16.8 Å². The number of para-hydroxylation sites is 2. The molecule has 0 N–H and O–H groups in total. The summed E-state index contributed by atoms with van der Waals surface area (Å²) < 4.78 is 69.4. The SMILES string of the molecule is CC1(C)C(/C=C/C2=C(Cl)C(=C/C=C3/N(CCCCS(=O)(=O)[O-])c4ccccc4C3(C)C)/CCC2)=[N+](CCCCS(=O)(=O)[O-])c2ccccc21. The van der Waals surface area contributed by atoms with Gasteiger partial charge < -0.3 is 14.0 Å². The molecule has 5 rings (SSSR count). The number of benzene rings is 2. The first-order valence-electron chi connectivity index (χ1n) is 17.0. The zero-order valence-electron chi connectivity index (χ0n) is 28.7. The Morgan fingerprint density at radius 3 is 2.12 bits per heavy atom. The quantitative estimate of drug-likeness (QED) is 0.119. The van der Waals surface area contributed by atoms with E-state index in [1.54, 1.807) is 0 Å². The van der Waals surface area contributed by atoms with Crippen molar-refractivity contribution < 1.29 is 30.5 Å². The van der Waals surface area contributed by atoms with Crippen LogP contribution in [-0.4, -0.2) is 60.8 Å². The van der Waals surface area contributed by atoms with Crippen molar-refractivity contribution in [2.45, 2.75) is 83.5 Å². The highest BCUT2D eigenvalue weighted by Gasteiger charge is 2.44. The number of nitrogens with zero attached hydrogens (tertiary/aromatic N) is 2. The van der Waals surface area contributed by atoms with Crippen molar-refractivity contribution in [1.82, 2.24) is 0 Å². The highest BCUT2D eigenvalue weighted by Crippen LogP contribution is 2.48. The average Bonchev–Trinajstić information content (AvgIpc) is 3.37. The van der Waals surface area contributed by atoms with Crippen molar-refractivity contribution in [3.63, 3.8) is 0 Å². The summed E-state index contributed by atoms with van der Waals surface area (Å²) in [6.07, 6.45) is 12.9. The number of unbranched alkanes of at least 4 members (excludes halogenated alkanes) is 2. The minimum absolute atomic E-state index is 0.285. The normalized spacial score (nSPS) is 20.6. The molecule has 0 spiro atoms. The van der Waals surface area contributed by atoms with Gasteiger partial charge in [0.2, 0.25) is 5.69 Å². The van der Waals surface area contributed by atoms with Crippen molar-refractivity contribution in [2.24, 2.45) is 0 Å². The number of allylic oxidation sites excluding steroid dienone is 8. The highest BCUT2D eigenvalue weighted by atomic mass is 35.5. The van der Waals surface area contributed by atoms with E-state index in [0.717, 1.165) is 58.2 Å². The first-order valence-corrected chi connectivity index (χ1v) is 20.5. The minimum Gasteiger partial charge on any atom is -0.748 e. The van der Waals surface area contributed by atoms with Crippen LogP contribution in [-0.2, 0) is 31.1 Å². The Morgan fingerprint density at radius 2 is 1.43 bits per heavy atom. The van der Waals surface area contributed by atoms with Crippen molar-refractivity contribution in [3.8, 4) is 0 Å². The van der Waals surface area contributed by atoms with E-state index < -0.39 is 20.2 Å². The zero-order chi connectivity index (χ0) is 35.6. The molecule has 0 atom stereocenters. The van der Waals surface area contributed by atoms with Crippen molar-refractivity contribution in [3.05, 3.63) is 106 Å². The average molecular weight is 726 g/mol. The zero-order valence-corrected chi connectivity index (χ0v) is 31.1. The molecule has 8 nitrogen and oxygen atoms in total. The largest absolute Gasteiger partial charge is 0.748 e. The van der Waals surface area contributed by atoms with Gasteiger partial charge in [0.1, 0.15) is 6.54 Å². The van der Waals surface area contributed by atoms with Crippen LogP contribution in [0, 0.1) is 0 Å². The van der Waals surface area contributed by atoms with Gasteiger partial charge in [-0.15, -0.1) is 0 Å². The Labute approximate surface area is 297 Å². The summed E-state index contributed by atoms with van der Waals surface area (Å²) >= 11 is 7.12. The van der Waals surface area contributed by atoms with Gasteiger partial charge in [0.15, 0.2) is 5.71 Å². The lowest BCUT2D eigenvalue weighted by Gasteiger charge is -2.27. The van der Waals surface area contributed by atoms with E-state index >= 15 is 0 Å². The Morgan fingerprint density at radius 1 is 0.796 bits per heavy atom. The van der Waals surface area contributed by atoms with Gasteiger partial charge in [-0.2, -0.15) is 4.58 Å². The lowest BCUT2D eigenvalue weighted by Crippen LogP contribution is -2.28. The predicted molar refractivity (Wildman–Crippen MR) is 196 cm³/mol. The maximum absolute atomic E-state index is 11.2. The monoisotopic (exact) mass is 725 g/mol. The van der Waals surface area contributed by atoms with Crippen LogP contribution < -0.4 is 4.90 Å². The molecular weight excluding hydrogens is 680 g/mol.